The molecule has 28 heavy (non-hydrogen) atoms. The van der Waals surface area contributed by atoms with E-state index in [1.165, 1.54) is 0 Å². The molecule has 0 atom stereocenters. The van der Waals surface area contributed by atoms with Gasteiger partial charge in [-0.25, -0.2) is 14.4 Å². The van der Waals surface area contributed by atoms with E-state index in [0.29, 0.717) is 19.3 Å². The van der Waals surface area contributed by atoms with Crippen molar-refractivity contribution in [3.05, 3.63) is 59.1 Å². The highest BCUT2D eigenvalue weighted by molar-refractivity contribution is 7.51. The first-order chi connectivity index (χ1) is 13.6. The van der Waals surface area contributed by atoms with Crippen molar-refractivity contribution in [2.24, 2.45) is 5.22 Å². The number of hydrogen-bond acceptors (Lipinski definition) is 6. The van der Waals surface area contributed by atoms with E-state index in [2.05, 4.69) is 16.0 Å². The maximum Gasteiger partial charge on any atom is 0.312 e. The van der Waals surface area contributed by atoms with Gasteiger partial charge in [0.2, 0.25) is 5.91 Å². The van der Waals surface area contributed by atoms with E-state index < -0.39 is 5.91 Å². The van der Waals surface area contributed by atoms with Gasteiger partial charge in [-0.1, -0.05) is 36.8 Å². The lowest BCUT2D eigenvalue weighted by molar-refractivity contribution is -0.360. The number of amides is 2. The highest BCUT2D eigenvalue weighted by Gasteiger charge is 2.05. The van der Waals surface area contributed by atoms with Gasteiger partial charge in [0.1, 0.15) is 6.20 Å². The third kappa shape index (κ3) is 7.29. The van der Waals surface area contributed by atoms with Gasteiger partial charge in [0.05, 0.1) is 11.6 Å². The number of carbonyl (C=O) groups excluding carboxylic acids is 2. The summed E-state index contributed by atoms with van der Waals surface area (Å²) in [4.78, 5) is 22.8. The lowest BCUT2D eigenvalue weighted by Crippen LogP contribution is -2.19. The second kappa shape index (κ2) is 11.6. The monoisotopic (exact) mass is 401 g/mol. The molecule has 2 amide bonds. The Bertz CT molecular complexity index is 885. The topological polar surface area (TPSA) is 106 Å². The van der Waals surface area contributed by atoms with E-state index >= 15 is 0 Å². The van der Waals surface area contributed by atoms with Crippen LogP contribution >= 0.6 is 0 Å². The summed E-state index contributed by atoms with van der Waals surface area (Å²) < 4.78 is 0.851. The van der Waals surface area contributed by atoms with Crippen LogP contribution in [0.3, 0.4) is 0 Å². The number of benzene rings is 1. The molecule has 9 heteroatoms. The number of hydroxylamine groups is 1. The normalized spacial score (nSPS) is 13.0. The fourth-order valence-corrected chi connectivity index (χ4v) is 2.57. The second-order valence-electron chi connectivity index (χ2n) is 6.03. The number of carbonyl (C=O) groups is 2. The van der Waals surface area contributed by atoms with Gasteiger partial charge in [0, 0.05) is 23.5 Å². The SMILES string of the molecule is O=C(CCCCCC(=O)/[N+]([S-])=N/NC=c1ccc(=C2C=CC=CN2)cc1)NO. The summed E-state index contributed by atoms with van der Waals surface area (Å²) in [5.41, 5.74) is 5.27. The smallest absolute Gasteiger partial charge is 0.312 e. The van der Waals surface area contributed by atoms with Crippen LogP contribution < -0.4 is 26.7 Å². The van der Waals surface area contributed by atoms with Gasteiger partial charge in [-0.3, -0.25) is 10.0 Å². The predicted octanol–water partition coefficient (Wildman–Crippen LogP) is 0.620. The van der Waals surface area contributed by atoms with Crippen LogP contribution in [-0.4, -0.2) is 21.1 Å². The predicted molar refractivity (Wildman–Crippen MR) is 106 cm³/mol. The molecule has 2 rings (SSSR count). The second-order valence-corrected chi connectivity index (χ2v) is 6.38. The quantitative estimate of drug-likeness (QED) is 0.127. The van der Waals surface area contributed by atoms with Crippen molar-refractivity contribution in [1.29, 1.82) is 0 Å². The summed E-state index contributed by atoms with van der Waals surface area (Å²) in [5.74, 6) is -0.724. The Labute approximate surface area is 168 Å². The minimum absolute atomic E-state index is 0.226. The van der Waals surface area contributed by atoms with Gasteiger partial charge < -0.3 is 18.1 Å². The molecular weight excluding hydrogens is 378 g/mol. The summed E-state index contributed by atoms with van der Waals surface area (Å²) in [6.45, 7) is 0. The maximum atomic E-state index is 11.9. The number of unbranched alkanes of at least 4 members (excludes halogenated alkanes) is 2. The summed E-state index contributed by atoms with van der Waals surface area (Å²) in [6, 6.07) is 7.81. The molecule has 0 bridgehead atoms. The van der Waals surface area contributed by atoms with Gasteiger partial charge >= 0.3 is 5.91 Å². The molecule has 1 heterocycles. The molecule has 1 aliphatic heterocycles. The van der Waals surface area contributed by atoms with Crippen molar-refractivity contribution in [2.45, 2.75) is 32.1 Å². The lowest BCUT2D eigenvalue weighted by Gasteiger charge is -2.05. The van der Waals surface area contributed by atoms with Crippen molar-refractivity contribution in [3.63, 3.8) is 0 Å². The molecule has 0 aliphatic carbocycles. The Morgan fingerprint density at radius 3 is 2.57 bits per heavy atom. The van der Waals surface area contributed by atoms with Crippen LogP contribution in [-0.2, 0) is 22.4 Å². The third-order valence-corrected chi connectivity index (χ3v) is 4.23. The Hall–Kier alpha value is -3.04. The molecule has 1 aromatic rings. The maximum absolute atomic E-state index is 11.9. The largest absolute Gasteiger partial charge is 0.524 e. The van der Waals surface area contributed by atoms with Crippen LogP contribution in [0.2, 0.25) is 0 Å². The molecule has 1 aromatic carbocycles. The molecule has 4 N–H and O–H groups in total. The van der Waals surface area contributed by atoms with Crippen LogP contribution in [0.1, 0.15) is 32.1 Å². The van der Waals surface area contributed by atoms with Gasteiger partial charge in [-0.05, 0) is 30.2 Å². The zero-order valence-corrected chi connectivity index (χ0v) is 16.1. The van der Waals surface area contributed by atoms with Crippen molar-refractivity contribution in [2.75, 3.05) is 0 Å². The zero-order valence-electron chi connectivity index (χ0n) is 15.3. The van der Waals surface area contributed by atoms with E-state index in [9.17, 15) is 9.59 Å². The van der Waals surface area contributed by atoms with Crippen LogP contribution in [0, 0.1) is 0 Å². The first-order valence-corrected chi connectivity index (χ1v) is 9.26. The zero-order chi connectivity index (χ0) is 20.2. The van der Waals surface area contributed by atoms with E-state index in [1.807, 2.05) is 48.7 Å². The number of hydrogen-bond donors (Lipinski definition) is 4. The number of rotatable bonds is 8. The summed E-state index contributed by atoms with van der Waals surface area (Å²) >= 11 is 4.93. The number of nitrogens with one attached hydrogen (secondary N) is 3. The van der Waals surface area contributed by atoms with E-state index in [1.54, 1.807) is 11.7 Å². The highest BCUT2D eigenvalue weighted by Crippen LogP contribution is 2.04. The van der Waals surface area contributed by atoms with Crippen LogP contribution in [0.5, 0.6) is 0 Å². The Kier molecular flexibility index (Phi) is 8.83. The van der Waals surface area contributed by atoms with Crippen molar-refractivity contribution in [3.8, 4) is 0 Å². The van der Waals surface area contributed by atoms with Crippen LogP contribution in [0.4, 0.5) is 0 Å². The molecule has 148 valence electrons. The Morgan fingerprint density at radius 2 is 1.89 bits per heavy atom. The van der Waals surface area contributed by atoms with E-state index in [-0.39, 0.29) is 18.7 Å². The Balaban J connectivity index is 1.80. The van der Waals surface area contributed by atoms with Crippen LogP contribution in [0.25, 0.3) is 11.9 Å². The minimum atomic E-state index is -0.430. The molecule has 0 unspecified atom stereocenters. The van der Waals surface area contributed by atoms with E-state index in [4.69, 9.17) is 18.0 Å². The minimum Gasteiger partial charge on any atom is -0.524 e. The average molecular weight is 401 g/mol. The van der Waals surface area contributed by atoms with Crippen molar-refractivity contribution in [1.82, 2.24) is 16.2 Å². The van der Waals surface area contributed by atoms with Gasteiger partial charge in [-0.15, -0.1) is 0 Å². The first kappa shape index (κ1) is 21.3. The molecule has 0 radical (unpaired) electrons. The molecule has 0 spiro atoms. The molecule has 8 nitrogen and oxygen atoms in total. The summed E-state index contributed by atoms with van der Waals surface area (Å²) in [7, 11) is 0. The fraction of sp³-hybridized carbons (Fsp3) is 0.263. The molecule has 1 aliphatic rings. The van der Waals surface area contributed by atoms with Crippen molar-refractivity contribution < 1.29 is 18.9 Å². The van der Waals surface area contributed by atoms with Crippen molar-refractivity contribution >= 4 is 36.5 Å². The Morgan fingerprint density at radius 1 is 1.14 bits per heavy atom. The van der Waals surface area contributed by atoms with Gasteiger partial charge in [-0.2, -0.15) is 5.43 Å². The number of allylic oxidation sites excluding steroid dienone is 2. The molecule has 0 saturated heterocycles. The summed E-state index contributed by atoms with van der Waals surface area (Å²) in [6.07, 6.45) is 11.8. The number of nitrogens with zero attached hydrogens (tertiary/aromatic N) is 2. The average Bonchev–Trinajstić information content (AvgIpc) is 2.74. The van der Waals surface area contributed by atoms with Gasteiger partial charge in [0.25, 0.3) is 0 Å². The first-order valence-electron chi connectivity index (χ1n) is 8.89. The standard InChI is InChI=1S/C19H23N5O3S/c25-18(22-27)7-2-1-3-8-19(26)24(28)23-21-14-15-9-11-16(12-10-15)17-6-4-5-13-20-17/h4-6,9-14,20-21,27H,1-3,7-8H2,(H,22,25)/b15-14?,17-16?,24-23-. The van der Waals surface area contributed by atoms with E-state index in [0.717, 1.165) is 20.2 Å². The molecule has 0 saturated carbocycles. The molecule has 0 aromatic heterocycles. The van der Waals surface area contributed by atoms with Gasteiger partial charge in [0.15, 0.2) is 0 Å². The third-order valence-electron chi connectivity index (χ3n) is 3.94. The fourth-order valence-electron chi connectivity index (χ4n) is 2.43. The number of dihydropyridines is 1. The van der Waals surface area contributed by atoms with Crippen LogP contribution in [0.15, 0.2) is 53.9 Å². The highest BCUT2D eigenvalue weighted by atomic mass is 32.1. The summed E-state index contributed by atoms with van der Waals surface area (Å²) in [5, 5.41) is 17.3. The molecular formula is C19H23N5O3S. The molecule has 0 fully saturated rings. The lowest BCUT2D eigenvalue weighted by atomic mass is 10.1.